The zero-order chi connectivity index (χ0) is 25.1. The number of benzene rings is 2. The first kappa shape index (κ1) is 23.9. The fourth-order valence-electron chi connectivity index (χ4n) is 4.05. The summed E-state index contributed by atoms with van der Waals surface area (Å²) in [7, 11) is 0. The number of hydrogen-bond acceptors (Lipinski definition) is 5. The second-order valence-electron chi connectivity index (χ2n) is 8.67. The highest BCUT2D eigenvalue weighted by Gasteiger charge is 2.18. The Bertz CT molecular complexity index is 1540. The molecule has 4 rings (SSSR count). The van der Waals surface area contributed by atoms with Gasteiger partial charge in [0.25, 0.3) is 5.56 Å². The highest BCUT2D eigenvalue weighted by atomic mass is 16.3. The molecule has 0 spiro atoms. The van der Waals surface area contributed by atoms with Crippen LogP contribution in [0.15, 0.2) is 68.8 Å². The number of aromatic hydroxyl groups is 1. The molecule has 8 nitrogen and oxygen atoms in total. The summed E-state index contributed by atoms with van der Waals surface area (Å²) in [6.07, 6.45) is 2.37. The predicted octanol–water partition coefficient (Wildman–Crippen LogP) is 2.10. The molecule has 3 aromatic rings. The summed E-state index contributed by atoms with van der Waals surface area (Å²) in [5, 5.41) is 15.5. The number of amides is 1. The predicted molar refractivity (Wildman–Crippen MR) is 135 cm³/mol. The quantitative estimate of drug-likeness (QED) is 0.488. The van der Waals surface area contributed by atoms with Crippen LogP contribution in [0.25, 0.3) is 17.3 Å². The number of allylic oxidation sites excluding steroid dienone is 1. The zero-order valence-electron chi connectivity index (χ0n) is 20.0. The third kappa shape index (κ3) is 4.87. The van der Waals surface area contributed by atoms with Gasteiger partial charge in [0, 0.05) is 18.2 Å². The molecule has 0 unspecified atom stereocenters. The molecule has 0 aliphatic carbocycles. The van der Waals surface area contributed by atoms with Crippen LogP contribution >= 0.6 is 0 Å². The Morgan fingerprint density at radius 3 is 2.54 bits per heavy atom. The van der Waals surface area contributed by atoms with Gasteiger partial charge in [0.15, 0.2) is 0 Å². The first-order chi connectivity index (χ1) is 16.8. The van der Waals surface area contributed by atoms with Crippen LogP contribution in [0.2, 0.25) is 0 Å². The van der Waals surface area contributed by atoms with E-state index < -0.39 is 17.1 Å². The molecule has 0 fully saturated rings. The lowest BCUT2D eigenvalue weighted by Gasteiger charge is -2.12. The summed E-state index contributed by atoms with van der Waals surface area (Å²) < 4.78 is 1.07. The number of aromatic nitrogens is 2. The number of carbonyl (C=O) groups excluding carboxylic acids is 1. The third-order valence-corrected chi connectivity index (χ3v) is 6.02. The fraction of sp³-hybridized carbons (Fsp3) is 0.259. The standard InChI is InChI=1S/C27H28N4O4/c1-4-24(32)28-14-13-20-19-7-5-6-8-22(19)29-23(20)15-21-25(33)30-27(35)31(26(21)34)18-11-9-17(10-12-18)16(2)3/h5-12,15-16,34H,4,13-14H2,1-3H3,(H,28,32)(H,30,33,35). The van der Waals surface area contributed by atoms with Crippen molar-refractivity contribution in [3.8, 4) is 11.6 Å². The number of H-pyrrole nitrogens is 1. The average molecular weight is 473 g/mol. The topological polar surface area (TPSA) is 117 Å². The number of rotatable bonds is 7. The van der Waals surface area contributed by atoms with Crippen molar-refractivity contribution in [3.05, 3.63) is 96.8 Å². The van der Waals surface area contributed by atoms with Gasteiger partial charge < -0.3 is 10.4 Å². The lowest BCUT2D eigenvalue weighted by molar-refractivity contribution is -0.120. The monoisotopic (exact) mass is 472 g/mol. The molecule has 1 amide bonds. The number of carbonyl (C=O) groups is 1. The molecule has 3 N–H and O–H groups in total. The Kier molecular flexibility index (Phi) is 6.82. The fourth-order valence-corrected chi connectivity index (χ4v) is 4.05. The van der Waals surface area contributed by atoms with Crippen LogP contribution in [0.1, 0.15) is 50.7 Å². The van der Waals surface area contributed by atoms with E-state index in [1.54, 1.807) is 19.1 Å². The van der Waals surface area contributed by atoms with E-state index in [4.69, 9.17) is 0 Å². The molecule has 180 valence electrons. The minimum Gasteiger partial charge on any atom is -0.494 e. The van der Waals surface area contributed by atoms with Gasteiger partial charge in [-0.2, -0.15) is 0 Å². The van der Waals surface area contributed by atoms with E-state index in [0.29, 0.717) is 36.7 Å². The Morgan fingerprint density at radius 1 is 1.14 bits per heavy atom. The Labute approximate surface area is 202 Å². The summed E-state index contributed by atoms with van der Waals surface area (Å²) in [6.45, 7) is 6.32. The molecule has 0 atom stereocenters. The maximum atomic E-state index is 12.7. The average Bonchev–Trinajstić information content (AvgIpc) is 3.19. The van der Waals surface area contributed by atoms with Gasteiger partial charge in [-0.3, -0.25) is 14.6 Å². The minimum atomic E-state index is -0.731. The highest BCUT2D eigenvalue weighted by Crippen LogP contribution is 2.25. The number of hydrogen-bond donors (Lipinski definition) is 3. The van der Waals surface area contributed by atoms with Gasteiger partial charge in [0.1, 0.15) is 5.56 Å². The summed E-state index contributed by atoms with van der Waals surface area (Å²) in [5.74, 6) is -0.204. The van der Waals surface area contributed by atoms with Gasteiger partial charge in [0.05, 0.1) is 16.7 Å². The first-order valence-corrected chi connectivity index (χ1v) is 11.6. The van der Waals surface area contributed by atoms with Crippen LogP contribution in [-0.2, 0) is 4.79 Å². The van der Waals surface area contributed by atoms with Gasteiger partial charge >= 0.3 is 5.69 Å². The van der Waals surface area contributed by atoms with E-state index in [0.717, 1.165) is 26.3 Å². The number of para-hydroxylation sites is 1. The van der Waals surface area contributed by atoms with Gasteiger partial charge in [-0.1, -0.05) is 51.1 Å². The Balaban J connectivity index is 1.80. The van der Waals surface area contributed by atoms with Crippen molar-refractivity contribution in [2.24, 2.45) is 4.99 Å². The van der Waals surface area contributed by atoms with Crippen LogP contribution in [0.5, 0.6) is 5.88 Å². The van der Waals surface area contributed by atoms with Crippen molar-refractivity contribution in [1.29, 1.82) is 0 Å². The van der Waals surface area contributed by atoms with Gasteiger partial charge in [-0.15, -0.1) is 0 Å². The molecular weight excluding hydrogens is 444 g/mol. The molecule has 0 bridgehead atoms. The molecule has 0 saturated heterocycles. The van der Waals surface area contributed by atoms with Crippen molar-refractivity contribution in [1.82, 2.24) is 14.9 Å². The summed E-state index contributed by atoms with van der Waals surface area (Å²) in [6, 6.07) is 14.8. The number of fused-ring (bicyclic) bond motifs is 1. The van der Waals surface area contributed by atoms with Crippen molar-refractivity contribution in [2.45, 2.75) is 39.5 Å². The van der Waals surface area contributed by atoms with Crippen LogP contribution in [-0.4, -0.2) is 27.1 Å². The molecule has 2 aromatic carbocycles. The summed E-state index contributed by atoms with van der Waals surface area (Å²) in [4.78, 5) is 43.9. The molecule has 0 radical (unpaired) electrons. The van der Waals surface area contributed by atoms with Crippen LogP contribution in [0, 0.1) is 0 Å². The molecule has 2 heterocycles. The van der Waals surface area contributed by atoms with E-state index in [1.165, 1.54) is 6.08 Å². The largest absolute Gasteiger partial charge is 0.494 e. The Hall–Kier alpha value is -4.20. The van der Waals surface area contributed by atoms with Crippen molar-refractivity contribution < 1.29 is 9.90 Å². The number of nitrogens with one attached hydrogen (secondary N) is 2. The van der Waals surface area contributed by atoms with Gasteiger partial charge in [-0.25, -0.2) is 14.4 Å². The first-order valence-electron chi connectivity index (χ1n) is 11.6. The zero-order valence-corrected chi connectivity index (χ0v) is 20.0. The van der Waals surface area contributed by atoms with Gasteiger partial charge in [-0.05, 0) is 47.8 Å². The molecule has 1 aliphatic rings. The van der Waals surface area contributed by atoms with Gasteiger partial charge in [0.2, 0.25) is 11.8 Å². The maximum absolute atomic E-state index is 12.7. The molecular formula is C27H28N4O4. The number of aromatic amines is 1. The van der Waals surface area contributed by atoms with Crippen molar-refractivity contribution in [3.63, 3.8) is 0 Å². The third-order valence-electron chi connectivity index (χ3n) is 6.02. The normalized spacial score (nSPS) is 13.7. The van der Waals surface area contributed by atoms with Crippen LogP contribution < -0.4 is 27.1 Å². The summed E-state index contributed by atoms with van der Waals surface area (Å²) in [5.41, 5.74) is 1.35. The van der Waals surface area contributed by atoms with Crippen molar-refractivity contribution >= 4 is 17.6 Å². The van der Waals surface area contributed by atoms with E-state index in [2.05, 4.69) is 29.1 Å². The van der Waals surface area contributed by atoms with E-state index in [1.807, 2.05) is 36.4 Å². The smallest absolute Gasteiger partial charge is 0.335 e. The molecule has 35 heavy (non-hydrogen) atoms. The Morgan fingerprint density at radius 2 is 1.86 bits per heavy atom. The molecule has 0 saturated carbocycles. The van der Waals surface area contributed by atoms with E-state index in [9.17, 15) is 19.5 Å². The van der Waals surface area contributed by atoms with E-state index in [-0.39, 0.29) is 11.5 Å². The van der Waals surface area contributed by atoms with Crippen LogP contribution in [0.3, 0.4) is 0 Å². The SMILES string of the molecule is CCC(=O)NCCC1=c2ccccc2=NC1=Cc1c(O)n(-c2ccc(C(C)C)cc2)c(=O)[nH]c1=O. The molecule has 1 aliphatic heterocycles. The minimum absolute atomic E-state index is 0.0519. The highest BCUT2D eigenvalue weighted by molar-refractivity contribution is 5.78. The molecule has 8 heteroatoms. The molecule has 1 aromatic heterocycles. The maximum Gasteiger partial charge on any atom is 0.335 e. The van der Waals surface area contributed by atoms with Crippen LogP contribution in [0.4, 0.5) is 0 Å². The van der Waals surface area contributed by atoms with E-state index >= 15 is 0 Å². The lowest BCUT2D eigenvalue weighted by atomic mass is 10.0. The summed E-state index contributed by atoms with van der Waals surface area (Å²) >= 11 is 0. The second-order valence-corrected chi connectivity index (χ2v) is 8.67. The van der Waals surface area contributed by atoms with Crippen molar-refractivity contribution in [2.75, 3.05) is 6.54 Å². The number of nitrogens with zero attached hydrogens (tertiary/aromatic N) is 2. The second kappa shape index (κ2) is 9.97. The lowest BCUT2D eigenvalue weighted by Crippen LogP contribution is -2.30.